The third kappa shape index (κ3) is 3.13. The minimum Gasteiger partial charge on any atom is -0.382 e. The monoisotopic (exact) mass is 365 g/mol. The molecule has 9 nitrogen and oxygen atoms in total. The van der Waals surface area contributed by atoms with Crippen LogP contribution in [0.15, 0.2) is 30.9 Å². The number of nitrogens with zero attached hydrogens (tertiary/aromatic N) is 5. The first-order chi connectivity index (χ1) is 13.0. The number of carbonyl (C=O) groups excluding carboxylic acids is 2. The molecule has 0 bridgehead atoms. The van der Waals surface area contributed by atoms with Gasteiger partial charge in [0.15, 0.2) is 0 Å². The van der Waals surface area contributed by atoms with Crippen LogP contribution >= 0.6 is 0 Å². The van der Waals surface area contributed by atoms with E-state index in [4.69, 9.17) is 5.73 Å². The van der Waals surface area contributed by atoms with E-state index in [9.17, 15) is 9.59 Å². The topological polar surface area (TPSA) is 121 Å². The van der Waals surface area contributed by atoms with Crippen molar-refractivity contribution in [2.45, 2.75) is 0 Å². The van der Waals surface area contributed by atoms with E-state index in [1.54, 1.807) is 23.4 Å². The van der Waals surface area contributed by atoms with Crippen LogP contribution in [0.5, 0.6) is 0 Å². The number of hydrogen-bond acceptors (Lipinski definition) is 7. The number of H-pyrrole nitrogens is 1. The lowest BCUT2D eigenvalue weighted by Crippen LogP contribution is -2.49. The van der Waals surface area contributed by atoms with E-state index in [1.807, 2.05) is 7.05 Å². The van der Waals surface area contributed by atoms with Crippen molar-refractivity contribution in [3.05, 3.63) is 36.4 Å². The quantitative estimate of drug-likeness (QED) is 0.514. The highest BCUT2D eigenvalue weighted by atomic mass is 16.2. The molecule has 0 saturated carbocycles. The lowest BCUT2D eigenvalue weighted by molar-refractivity contribution is -0.127. The summed E-state index contributed by atoms with van der Waals surface area (Å²) in [5, 5.41) is 0.631. The van der Waals surface area contributed by atoms with E-state index < -0.39 is 11.7 Å². The van der Waals surface area contributed by atoms with E-state index in [1.165, 1.54) is 12.4 Å². The molecule has 0 radical (unpaired) electrons. The Bertz CT molecular complexity index is 1000. The van der Waals surface area contributed by atoms with Gasteiger partial charge in [0.25, 0.3) is 11.7 Å². The Labute approximate surface area is 155 Å². The number of ketones is 1. The van der Waals surface area contributed by atoms with Gasteiger partial charge in [-0.2, -0.15) is 0 Å². The van der Waals surface area contributed by atoms with Gasteiger partial charge in [-0.15, -0.1) is 0 Å². The van der Waals surface area contributed by atoms with E-state index in [2.05, 4.69) is 24.8 Å². The molecule has 1 saturated heterocycles. The Balaban J connectivity index is 1.67. The number of nitrogens with two attached hydrogens (primary N) is 1. The van der Waals surface area contributed by atoms with Crippen LogP contribution in [0.1, 0.15) is 10.4 Å². The van der Waals surface area contributed by atoms with Gasteiger partial charge in [0.1, 0.15) is 17.2 Å². The van der Waals surface area contributed by atoms with Crippen LogP contribution in [0.2, 0.25) is 0 Å². The van der Waals surface area contributed by atoms with Crippen LogP contribution in [0.4, 0.5) is 5.82 Å². The molecular formula is C18H19N7O2. The second-order valence-electron chi connectivity index (χ2n) is 6.54. The maximum Gasteiger partial charge on any atom is 0.295 e. The molecule has 1 aliphatic rings. The predicted octanol–water partition coefficient (Wildman–Crippen LogP) is 0.559. The zero-order valence-corrected chi connectivity index (χ0v) is 14.8. The first-order valence-electron chi connectivity index (χ1n) is 8.60. The summed E-state index contributed by atoms with van der Waals surface area (Å²) in [5.41, 5.74) is 7.62. The maximum absolute atomic E-state index is 12.8. The highest BCUT2D eigenvalue weighted by Crippen LogP contribution is 2.27. The van der Waals surface area contributed by atoms with Gasteiger partial charge in [0.2, 0.25) is 0 Å². The minimum absolute atomic E-state index is 0.311. The summed E-state index contributed by atoms with van der Waals surface area (Å²) in [7, 11) is 2.00. The summed E-state index contributed by atoms with van der Waals surface area (Å²) in [4.78, 5) is 44.8. The predicted molar refractivity (Wildman–Crippen MR) is 99.9 cm³/mol. The number of fused-ring (bicyclic) bond motifs is 1. The van der Waals surface area contributed by atoms with Gasteiger partial charge in [-0.1, -0.05) is 0 Å². The number of piperazine rings is 1. The van der Waals surface area contributed by atoms with Gasteiger partial charge in [-0.3, -0.25) is 14.6 Å². The molecule has 27 heavy (non-hydrogen) atoms. The summed E-state index contributed by atoms with van der Waals surface area (Å²) in [5.74, 6) is -0.688. The highest BCUT2D eigenvalue weighted by molar-refractivity contribution is 6.45. The molecule has 4 heterocycles. The number of rotatable bonds is 3. The van der Waals surface area contributed by atoms with Crippen molar-refractivity contribution in [3.8, 4) is 11.4 Å². The minimum atomic E-state index is -0.522. The molecule has 3 aromatic heterocycles. The molecule has 1 amide bonds. The zero-order chi connectivity index (χ0) is 19.0. The smallest absolute Gasteiger partial charge is 0.295 e. The molecule has 9 heteroatoms. The van der Waals surface area contributed by atoms with Crippen molar-refractivity contribution in [1.29, 1.82) is 0 Å². The van der Waals surface area contributed by atoms with Crippen molar-refractivity contribution >= 4 is 28.4 Å². The SMILES string of the molecule is CN1CCN(C(=O)C(=O)c2c[nH]c3c(-c4cnc(N)cn4)nccc23)CC1. The fourth-order valence-electron chi connectivity index (χ4n) is 3.17. The van der Waals surface area contributed by atoms with Crippen LogP contribution in [0, 0.1) is 0 Å². The molecule has 0 aliphatic carbocycles. The number of nitrogen functional groups attached to an aromatic ring is 1. The molecule has 0 aromatic carbocycles. The van der Waals surface area contributed by atoms with Crippen LogP contribution < -0.4 is 5.73 Å². The van der Waals surface area contributed by atoms with Crippen LogP contribution in [-0.2, 0) is 4.79 Å². The number of aromatic amines is 1. The maximum atomic E-state index is 12.8. The molecular weight excluding hydrogens is 346 g/mol. The second kappa shape index (κ2) is 6.76. The normalized spacial score (nSPS) is 15.2. The molecule has 3 aromatic rings. The fraction of sp³-hybridized carbons (Fsp3) is 0.278. The van der Waals surface area contributed by atoms with E-state index in [0.29, 0.717) is 46.8 Å². The average Bonchev–Trinajstić information content (AvgIpc) is 3.12. The van der Waals surface area contributed by atoms with Crippen molar-refractivity contribution in [1.82, 2.24) is 29.7 Å². The molecule has 1 aliphatic heterocycles. The number of likely N-dealkylation sites (N-methyl/N-ethyl adjacent to an activating group) is 1. The van der Waals surface area contributed by atoms with Crippen LogP contribution in [-0.4, -0.2) is 74.7 Å². The molecule has 0 unspecified atom stereocenters. The van der Waals surface area contributed by atoms with E-state index in [-0.39, 0.29) is 0 Å². The summed E-state index contributed by atoms with van der Waals surface area (Å²) >= 11 is 0. The summed E-state index contributed by atoms with van der Waals surface area (Å²) in [6, 6.07) is 1.71. The lowest BCUT2D eigenvalue weighted by Gasteiger charge is -2.31. The highest BCUT2D eigenvalue weighted by Gasteiger charge is 2.28. The standard InChI is InChI=1S/C18H19N7O2/c1-24-4-6-25(7-5-24)18(27)17(26)12-8-23-15-11(12)2-3-20-16(15)13-9-22-14(19)10-21-13/h2-3,8-10,23H,4-7H2,1H3,(H2,19,22). The third-order valence-electron chi connectivity index (χ3n) is 4.75. The van der Waals surface area contributed by atoms with E-state index in [0.717, 1.165) is 13.1 Å². The third-order valence-corrected chi connectivity index (χ3v) is 4.75. The lowest BCUT2D eigenvalue weighted by atomic mass is 10.1. The number of nitrogens with one attached hydrogen (secondary N) is 1. The van der Waals surface area contributed by atoms with Crippen LogP contribution in [0.25, 0.3) is 22.3 Å². The number of aromatic nitrogens is 4. The molecule has 4 rings (SSSR count). The largest absolute Gasteiger partial charge is 0.382 e. The van der Waals surface area contributed by atoms with Crippen molar-refractivity contribution in [2.24, 2.45) is 0 Å². The molecule has 138 valence electrons. The van der Waals surface area contributed by atoms with Gasteiger partial charge in [-0.05, 0) is 13.1 Å². The Morgan fingerprint density at radius 3 is 2.59 bits per heavy atom. The van der Waals surface area contributed by atoms with Gasteiger partial charge in [-0.25, -0.2) is 9.97 Å². The Morgan fingerprint density at radius 2 is 1.89 bits per heavy atom. The first kappa shape index (κ1) is 17.1. The summed E-state index contributed by atoms with van der Waals surface area (Å²) in [6.07, 6.45) is 6.11. The van der Waals surface area contributed by atoms with Gasteiger partial charge in [0.05, 0.1) is 23.5 Å². The van der Waals surface area contributed by atoms with Gasteiger partial charge >= 0.3 is 0 Å². The number of pyridine rings is 1. The Hall–Kier alpha value is -3.33. The van der Waals surface area contributed by atoms with Crippen molar-refractivity contribution < 1.29 is 9.59 Å². The van der Waals surface area contributed by atoms with Crippen molar-refractivity contribution in [3.63, 3.8) is 0 Å². The van der Waals surface area contributed by atoms with E-state index >= 15 is 0 Å². The Morgan fingerprint density at radius 1 is 1.11 bits per heavy atom. The van der Waals surface area contributed by atoms with Crippen molar-refractivity contribution in [2.75, 3.05) is 39.0 Å². The second-order valence-corrected chi connectivity index (χ2v) is 6.54. The summed E-state index contributed by atoms with van der Waals surface area (Å²) in [6.45, 7) is 2.63. The number of amides is 1. The summed E-state index contributed by atoms with van der Waals surface area (Å²) < 4.78 is 0. The number of carbonyl (C=O) groups is 2. The van der Waals surface area contributed by atoms with Gasteiger partial charge < -0.3 is 20.5 Å². The fourth-order valence-corrected chi connectivity index (χ4v) is 3.17. The molecule has 3 N–H and O–H groups in total. The number of anilines is 1. The Kier molecular flexibility index (Phi) is 4.28. The molecule has 0 atom stereocenters. The number of Topliss-reactive ketones (excluding diaryl/α,β-unsaturated/α-hetero) is 1. The number of hydrogen-bond donors (Lipinski definition) is 2. The zero-order valence-electron chi connectivity index (χ0n) is 14.8. The molecule has 0 spiro atoms. The molecule has 1 fully saturated rings. The average molecular weight is 365 g/mol. The van der Waals surface area contributed by atoms with Gasteiger partial charge in [0, 0.05) is 44.0 Å². The first-order valence-corrected chi connectivity index (χ1v) is 8.60. The van der Waals surface area contributed by atoms with Crippen LogP contribution in [0.3, 0.4) is 0 Å².